The Morgan fingerprint density at radius 1 is 0.651 bits per heavy atom. The van der Waals surface area contributed by atoms with Crippen LogP contribution in [0.25, 0.3) is 22.3 Å². The molecule has 43 heavy (non-hydrogen) atoms. The molecule has 2 aliphatic rings. The number of carbonyl (C=O) groups is 2. The Balaban J connectivity index is 1.21. The third-order valence-corrected chi connectivity index (χ3v) is 8.44. The molecule has 0 unspecified atom stereocenters. The molecule has 217 valence electrons. The third kappa shape index (κ3) is 5.44. The second-order valence-electron chi connectivity index (χ2n) is 10.9. The number of unbranched alkanes of at least 4 members (excludes halogenated alkanes) is 1. The molecule has 7 nitrogen and oxygen atoms in total. The molecule has 0 fully saturated rings. The minimum absolute atomic E-state index is 0.00833. The zero-order valence-corrected chi connectivity index (χ0v) is 23.8. The zero-order chi connectivity index (χ0) is 29.8. The molecule has 1 radical (unpaired) electrons. The standard InChI is InChI=1S/C36H33N2O5/c37-20-10-9-11-24(21-39)38(35(40)42-22-33-29-16-5-1-12-25(29)26-13-2-6-17-30(26)33)36(41)43-23-34-31-18-7-3-14-27(31)28-15-4-8-19-32(28)34/h1-8,12-19,24,33-34H,9-11,20,22-23,37H2/t24-/m0/s1. The van der Waals surface area contributed by atoms with Crippen molar-refractivity contribution >= 4 is 18.5 Å². The fourth-order valence-corrected chi connectivity index (χ4v) is 6.38. The highest BCUT2D eigenvalue weighted by molar-refractivity contribution is 5.91. The summed E-state index contributed by atoms with van der Waals surface area (Å²) < 4.78 is 11.6. The molecule has 0 aromatic heterocycles. The quantitative estimate of drug-likeness (QED) is 0.210. The van der Waals surface area contributed by atoms with Gasteiger partial charge in [-0.15, -0.1) is 0 Å². The van der Waals surface area contributed by atoms with Crippen molar-refractivity contribution in [3.8, 4) is 22.3 Å². The fraction of sp³-hybridized carbons (Fsp3) is 0.250. The number of hydrogen-bond acceptors (Lipinski definition) is 6. The first-order valence-electron chi connectivity index (χ1n) is 14.7. The first-order chi connectivity index (χ1) is 21.1. The number of rotatable bonds is 10. The summed E-state index contributed by atoms with van der Waals surface area (Å²) >= 11 is 0. The fourth-order valence-electron chi connectivity index (χ4n) is 6.38. The number of carbonyl (C=O) groups excluding carboxylic acids is 3. The summed E-state index contributed by atoms with van der Waals surface area (Å²) in [7, 11) is 0. The van der Waals surface area contributed by atoms with Crippen LogP contribution in [0.3, 0.4) is 0 Å². The van der Waals surface area contributed by atoms with E-state index in [1.807, 2.05) is 103 Å². The van der Waals surface area contributed by atoms with Crippen LogP contribution in [0.1, 0.15) is 53.4 Å². The molecule has 7 heteroatoms. The Bertz CT molecular complexity index is 1450. The van der Waals surface area contributed by atoms with E-state index < -0.39 is 18.2 Å². The highest BCUT2D eigenvalue weighted by atomic mass is 16.6. The largest absolute Gasteiger partial charge is 0.448 e. The van der Waals surface area contributed by atoms with E-state index in [9.17, 15) is 14.4 Å². The number of benzene rings is 4. The van der Waals surface area contributed by atoms with E-state index in [2.05, 4.69) is 0 Å². The van der Waals surface area contributed by atoms with Gasteiger partial charge in [0.25, 0.3) is 0 Å². The van der Waals surface area contributed by atoms with Crippen molar-refractivity contribution in [3.63, 3.8) is 0 Å². The summed E-state index contributed by atoms with van der Waals surface area (Å²) in [6.45, 7) is 0.449. The van der Waals surface area contributed by atoms with Crippen LogP contribution in [-0.2, 0) is 14.3 Å². The van der Waals surface area contributed by atoms with Gasteiger partial charge in [-0.25, -0.2) is 14.5 Å². The van der Waals surface area contributed by atoms with Crippen LogP contribution in [0.5, 0.6) is 0 Å². The predicted octanol–water partition coefficient (Wildman–Crippen LogP) is 6.79. The van der Waals surface area contributed by atoms with Crippen LogP contribution in [0.2, 0.25) is 0 Å². The van der Waals surface area contributed by atoms with Crippen LogP contribution in [0.4, 0.5) is 9.59 Å². The van der Waals surface area contributed by atoms with E-state index in [1.54, 1.807) is 0 Å². The number of nitrogens with zero attached hydrogens (tertiary/aromatic N) is 1. The van der Waals surface area contributed by atoms with Crippen LogP contribution >= 0.6 is 0 Å². The van der Waals surface area contributed by atoms with Gasteiger partial charge >= 0.3 is 12.2 Å². The van der Waals surface area contributed by atoms with E-state index in [-0.39, 0.29) is 31.5 Å². The number of fused-ring (bicyclic) bond motifs is 6. The lowest BCUT2D eigenvalue weighted by atomic mass is 9.98. The van der Waals surface area contributed by atoms with Gasteiger partial charge in [0.1, 0.15) is 19.3 Å². The van der Waals surface area contributed by atoms with Crippen molar-refractivity contribution in [1.29, 1.82) is 0 Å². The van der Waals surface area contributed by atoms with Gasteiger partial charge in [0.05, 0.1) is 0 Å². The predicted molar refractivity (Wildman–Crippen MR) is 164 cm³/mol. The molecular formula is C36H33N2O5. The van der Waals surface area contributed by atoms with E-state index in [1.165, 1.54) is 0 Å². The first-order valence-corrected chi connectivity index (χ1v) is 14.7. The van der Waals surface area contributed by atoms with Crippen LogP contribution in [0.15, 0.2) is 97.1 Å². The van der Waals surface area contributed by atoms with Crippen molar-refractivity contribution in [2.24, 2.45) is 5.73 Å². The summed E-state index contributed by atoms with van der Waals surface area (Å²) in [6.07, 6.45) is 1.41. The van der Waals surface area contributed by atoms with Gasteiger partial charge in [-0.1, -0.05) is 97.1 Å². The van der Waals surface area contributed by atoms with Gasteiger partial charge in [0.2, 0.25) is 6.29 Å². The first kappa shape index (κ1) is 28.4. The summed E-state index contributed by atoms with van der Waals surface area (Å²) in [5.41, 5.74) is 14.2. The molecule has 0 saturated heterocycles. The maximum Gasteiger partial charge on any atom is 0.420 e. The number of amides is 2. The molecule has 2 aliphatic carbocycles. The van der Waals surface area contributed by atoms with Crippen molar-refractivity contribution in [2.75, 3.05) is 19.8 Å². The van der Waals surface area contributed by atoms with Crippen molar-refractivity contribution in [1.82, 2.24) is 4.90 Å². The second kappa shape index (κ2) is 12.6. The summed E-state index contributed by atoms with van der Waals surface area (Å²) in [5, 5.41) is 0. The molecule has 1 atom stereocenters. The van der Waals surface area contributed by atoms with Crippen molar-refractivity contribution in [3.05, 3.63) is 119 Å². The Hall–Kier alpha value is -4.75. The molecule has 0 saturated carbocycles. The molecule has 0 aliphatic heterocycles. The molecule has 0 spiro atoms. The number of ether oxygens (including phenoxy) is 2. The topological polar surface area (TPSA) is 98.9 Å². The molecule has 0 bridgehead atoms. The number of imide groups is 1. The van der Waals surface area contributed by atoms with Crippen LogP contribution in [0, 0.1) is 0 Å². The highest BCUT2D eigenvalue weighted by Gasteiger charge is 2.37. The van der Waals surface area contributed by atoms with Crippen LogP contribution in [-0.4, -0.2) is 49.2 Å². The van der Waals surface area contributed by atoms with Crippen molar-refractivity contribution in [2.45, 2.75) is 37.1 Å². The van der Waals surface area contributed by atoms with Gasteiger partial charge in [-0.05, 0) is 70.3 Å². The van der Waals surface area contributed by atoms with Gasteiger partial charge in [0, 0.05) is 11.8 Å². The van der Waals surface area contributed by atoms with Gasteiger partial charge in [-0.3, -0.25) is 4.79 Å². The summed E-state index contributed by atoms with van der Waals surface area (Å²) in [6, 6.07) is 30.9. The lowest BCUT2D eigenvalue weighted by Gasteiger charge is -2.26. The van der Waals surface area contributed by atoms with E-state index >= 15 is 0 Å². The minimum Gasteiger partial charge on any atom is -0.448 e. The summed E-state index contributed by atoms with van der Waals surface area (Å²) in [4.78, 5) is 40.1. The van der Waals surface area contributed by atoms with Crippen LogP contribution < -0.4 is 5.73 Å². The summed E-state index contributed by atoms with van der Waals surface area (Å²) in [5.74, 6) is -0.395. The lowest BCUT2D eigenvalue weighted by molar-refractivity contribution is 0.0666. The van der Waals surface area contributed by atoms with E-state index in [4.69, 9.17) is 15.2 Å². The Labute approximate surface area is 251 Å². The average molecular weight is 574 g/mol. The average Bonchev–Trinajstić information content (AvgIpc) is 3.54. The maximum atomic E-state index is 13.6. The molecule has 0 heterocycles. The maximum absolute atomic E-state index is 13.6. The van der Waals surface area contributed by atoms with E-state index in [0.717, 1.165) is 49.4 Å². The Kier molecular flexibility index (Phi) is 8.34. The van der Waals surface area contributed by atoms with E-state index in [0.29, 0.717) is 19.4 Å². The zero-order valence-electron chi connectivity index (χ0n) is 23.8. The SMILES string of the molecule is NCCCC[C@@H]([C]=O)N(C(=O)OCC1c2ccccc2-c2ccccc21)C(=O)OCC1c2ccccc2-c2ccccc21. The monoisotopic (exact) mass is 573 g/mol. The third-order valence-electron chi connectivity index (χ3n) is 8.44. The lowest BCUT2D eigenvalue weighted by Crippen LogP contribution is -2.46. The smallest absolute Gasteiger partial charge is 0.420 e. The van der Waals surface area contributed by atoms with Crippen molar-refractivity contribution < 1.29 is 23.9 Å². The molecule has 4 aromatic rings. The Morgan fingerprint density at radius 3 is 1.37 bits per heavy atom. The number of hydrogen-bond donors (Lipinski definition) is 1. The Morgan fingerprint density at radius 2 is 1.02 bits per heavy atom. The minimum atomic E-state index is -1.15. The van der Waals surface area contributed by atoms with Gasteiger partial charge in [-0.2, -0.15) is 0 Å². The number of nitrogens with two attached hydrogens (primary N) is 1. The van der Waals surface area contributed by atoms with Gasteiger partial charge < -0.3 is 15.2 Å². The molecule has 2 N–H and O–H groups in total. The highest BCUT2D eigenvalue weighted by Crippen LogP contribution is 2.45. The molecule has 4 aromatic carbocycles. The molecular weight excluding hydrogens is 540 g/mol. The van der Waals surface area contributed by atoms with Gasteiger partial charge in [0.15, 0.2) is 0 Å². The molecule has 2 amide bonds. The molecule has 6 rings (SSSR count). The second-order valence-corrected chi connectivity index (χ2v) is 10.9. The normalized spacial score (nSPS) is 13.8.